The maximum absolute atomic E-state index is 10.6. The number of nitrogens with one attached hydrogen (secondary N) is 1. The zero-order valence-electron chi connectivity index (χ0n) is 11.3. The Morgan fingerprint density at radius 2 is 1.78 bits per heavy atom. The smallest absolute Gasteiger partial charge is 0.335 e. The summed E-state index contributed by atoms with van der Waals surface area (Å²) in [6, 6.07) is 0. The van der Waals surface area contributed by atoms with E-state index in [2.05, 4.69) is 12.0 Å². The van der Waals surface area contributed by atoms with Crippen molar-refractivity contribution < 1.29 is 9.90 Å². The van der Waals surface area contributed by atoms with Crippen LogP contribution < -0.4 is 11.3 Å². The quantitative estimate of drug-likeness (QED) is 0.281. The molecule has 0 atom stereocenters. The number of hydrazine groups is 1. The Bertz CT molecular complexity index is 404. The summed E-state index contributed by atoms with van der Waals surface area (Å²) in [6.07, 6.45) is 7.21. The van der Waals surface area contributed by atoms with Crippen molar-refractivity contribution >= 4 is 5.97 Å². The normalized spacial score (nSPS) is 13.4. The molecular weight excluding hydrogens is 228 g/mol. The van der Waals surface area contributed by atoms with Crippen molar-refractivity contribution in [3.8, 4) is 0 Å². The molecule has 4 heteroatoms. The lowest BCUT2D eigenvalue weighted by Crippen LogP contribution is -2.18. The molecule has 0 saturated heterocycles. The van der Waals surface area contributed by atoms with Gasteiger partial charge < -0.3 is 10.5 Å². The van der Waals surface area contributed by atoms with E-state index in [0.717, 1.165) is 24.1 Å². The summed E-state index contributed by atoms with van der Waals surface area (Å²) in [4.78, 5) is 10.6. The molecule has 0 fully saturated rings. The fourth-order valence-corrected chi connectivity index (χ4v) is 1.22. The third-order valence-electron chi connectivity index (χ3n) is 2.45. The number of carbonyl (C=O) groups is 1. The van der Waals surface area contributed by atoms with Crippen LogP contribution in [-0.2, 0) is 4.79 Å². The van der Waals surface area contributed by atoms with E-state index in [-0.39, 0.29) is 5.57 Å². The first kappa shape index (κ1) is 16.2. The maximum Gasteiger partial charge on any atom is 0.335 e. The fraction of sp³-hybridized carbons (Fsp3) is 0.357. The molecule has 4 N–H and O–H groups in total. The van der Waals surface area contributed by atoms with E-state index in [1.807, 2.05) is 32.9 Å². The van der Waals surface area contributed by atoms with Gasteiger partial charge in [0.25, 0.3) is 0 Å². The van der Waals surface area contributed by atoms with Crippen molar-refractivity contribution in [3.63, 3.8) is 0 Å². The molecule has 0 saturated carbocycles. The van der Waals surface area contributed by atoms with Gasteiger partial charge in [-0.05, 0) is 45.8 Å². The minimum absolute atomic E-state index is 0.122. The Balaban J connectivity index is 4.33. The van der Waals surface area contributed by atoms with Gasteiger partial charge >= 0.3 is 5.97 Å². The van der Waals surface area contributed by atoms with Gasteiger partial charge in [0.05, 0.1) is 5.57 Å². The van der Waals surface area contributed by atoms with E-state index in [0.29, 0.717) is 0 Å². The van der Waals surface area contributed by atoms with Crippen LogP contribution in [0.1, 0.15) is 33.6 Å². The van der Waals surface area contributed by atoms with Crippen molar-refractivity contribution in [1.29, 1.82) is 0 Å². The van der Waals surface area contributed by atoms with Crippen LogP contribution in [0.4, 0.5) is 0 Å². The van der Waals surface area contributed by atoms with Gasteiger partial charge in [0, 0.05) is 5.70 Å². The minimum atomic E-state index is -0.978. The summed E-state index contributed by atoms with van der Waals surface area (Å²) in [6.45, 7) is 9.28. The monoisotopic (exact) mass is 250 g/mol. The Kier molecular flexibility index (Phi) is 7.47. The SMILES string of the molecule is C=C(/C=C(\C)CC/C(C)=C/C=C(/C)NN)C(=O)O. The molecule has 0 unspecified atom stereocenters. The molecule has 0 spiro atoms. The van der Waals surface area contributed by atoms with Crippen LogP contribution >= 0.6 is 0 Å². The standard InChI is InChI=1S/C14H22N2O2/c1-10(7-8-13(4)16-15)5-6-11(2)9-12(3)14(17)18/h7-9,16H,3,5-6,15H2,1-2,4H3,(H,17,18)/b10-7+,11-9+,13-8-. The third kappa shape index (κ3) is 7.46. The van der Waals surface area contributed by atoms with E-state index >= 15 is 0 Å². The average Bonchev–Trinajstić information content (AvgIpc) is 2.32. The lowest BCUT2D eigenvalue weighted by atomic mass is 10.0. The summed E-state index contributed by atoms with van der Waals surface area (Å²) in [7, 11) is 0. The van der Waals surface area contributed by atoms with Crippen LogP contribution in [0, 0.1) is 0 Å². The molecule has 100 valence electrons. The van der Waals surface area contributed by atoms with Gasteiger partial charge in [-0.3, -0.25) is 5.84 Å². The van der Waals surface area contributed by atoms with Crippen LogP contribution in [0.2, 0.25) is 0 Å². The second-order valence-electron chi connectivity index (χ2n) is 4.33. The molecule has 0 heterocycles. The van der Waals surface area contributed by atoms with Gasteiger partial charge in [0.2, 0.25) is 0 Å². The summed E-state index contributed by atoms with van der Waals surface area (Å²) in [5, 5.41) is 8.70. The molecular formula is C14H22N2O2. The molecule has 0 aliphatic heterocycles. The number of allylic oxidation sites excluding steroid dienone is 5. The highest BCUT2D eigenvalue weighted by atomic mass is 16.4. The first-order valence-electron chi connectivity index (χ1n) is 5.77. The number of carboxylic acid groups (broad SMARTS) is 1. The van der Waals surface area contributed by atoms with Crippen molar-refractivity contribution in [2.24, 2.45) is 5.84 Å². The number of hydrogen-bond donors (Lipinski definition) is 3. The predicted molar refractivity (Wildman–Crippen MR) is 74.6 cm³/mol. The molecule has 0 bridgehead atoms. The van der Waals surface area contributed by atoms with Crippen LogP contribution in [0.25, 0.3) is 0 Å². The van der Waals surface area contributed by atoms with Crippen molar-refractivity contribution in [1.82, 2.24) is 5.43 Å². The van der Waals surface area contributed by atoms with Gasteiger partial charge in [0.15, 0.2) is 0 Å². The van der Waals surface area contributed by atoms with Crippen molar-refractivity contribution in [2.75, 3.05) is 0 Å². The Morgan fingerprint density at radius 1 is 1.22 bits per heavy atom. The molecule has 0 radical (unpaired) electrons. The van der Waals surface area contributed by atoms with Crippen LogP contribution in [0.5, 0.6) is 0 Å². The Morgan fingerprint density at radius 3 is 2.28 bits per heavy atom. The third-order valence-corrected chi connectivity index (χ3v) is 2.45. The van der Waals surface area contributed by atoms with Crippen LogP contribution in [-0.4, -0.2) is 11.1 Å². The molecule has 0 amide bonds. The molecule has 0 aromatic heterocycles. The van der Waals surface area contributed by atoms with Gasteiger partial charge in [-0.2, -0.15) is 0 Å². The largest absolute Gasteiger partial charge is 0.478 e. The highest BCUT2D eigenvalue weighted by molar-refractivity contribution is 5.89. The van der Waals surface area contributed by atoms with Gasteiger partial charge in [0.1, 0.15) is 0 Å². The number of aliphatic carboxylic acids is 1. The first-order chi connectivity index (χ1) is 8.36. The minimum Gasteiger partial charge on any atom is -0.478 e. The highest BCUT2D eigenvalue weighted by Gasteiger charge is 2.00. The summed E-state index contributed by atoms with van der Waals surface area (Å²) >= 11 is 0. The second-order valence-corrected chi connectivity index (χ2v) is 4.33. The van der Waals surface area contributed by atoms with Gasteiger partial charge in [-0.15, -0.1) is 0 Å². The Hall–Kier alpha value is -1.81. The second kappa shape index (κ2) is 8.31. The zero-order valence-corrected chi connectivity index (χ0v) is 11.3. The van der Waals surface area contributed by atoms with E-state index in [4.69, 9.17) is 10.9 Å². The van der Waals surface area contributed by atoms with Crippen LogP contribution in [0.15, 0.2) is 47.2 Å². The van der Waals surface area contributed by atoms with Crippen LogP contribution in [0.3, 0.4) is 0 Å². The van der Waals surface area contributed by atoms with E-state index in [1.54, 1.807) is 6.08 Å². The molecule has 18 heavy (non-hydrogen) atoms. The van der Waals surface area contributed by atoms with E-state index < -0.39 is 5.97 Å². The summed E-state index contributed by atoms with van der Waals surface area (Å²) < 4.78 is 0. The number of carboxylic acids is 1. The van der Waals surface area contributed by atoms with Gasteiger partial charge in [-0.25, -0.2) is 4.79 Å². The average molecular weight is 250 g/mol. The fourth-order valence-electron chi connectivity index (χ4n) is 1.22. The molecule has 0 aliphatic carbocycles. The zero-order chi connectivity index (χ0) is 14.1. The summed E-state index contributed by atoms with van der Waals surface area (Å²) in [5.74, 6) is 4.26. The van der Waals surface area contributed by atoms with Crippen molar-refractivity contribution in [2.45, 2.75) is 33.6 Å². The molecule has 0 aliphatic rings. The lowest BCUT2D eigenvalue weighted by Gasteiger charge is -2.02. The van der Waals surface area contributed by atoms with E-state index in [1.165, 1.54) is 5.57 Å². The molecule has 0 aromatic carbocycles. The van der Waals surface area contributed by atoms with Gasteiger partial charge in [-0.1, -0.05) is 23.8 Å². The van der Waals surface area contributed by atoms with E-state index in [9.17, 15) is 4.79 Å². The topological polar surface area (TPSA) is 75.3 Å². The Labute approximate surface area is 109 Å². The molecule has 0 aromatic rings. The number of hydrogen-bond acceptors (Lipinski definition) is 3. The number of rotatable bonds is 7. The summed E-state index contributed by atoms with van der Waals surface area (Å²) in [5.41, 5.74) is 5.78. The highest BCUT2D eigenvalue weighted by Crippen LogP contribution is 2.13. The maximum atomic E-state index is 10.6. The first-order valence-corrected chi connectivity index (χ1v) is 5.77. The molecule has 4 nitrogen and oxygen atoms in total. The van der Waals surface area contributed by atoms with Crippen molar-refractivity contribution in [3.05, 3.63) is 47.2 Å². The molecule has 0 rings (SSSR count). The number of nitrogens with two attached hydrogens (primary N) is 1. The predicted octanol–water partition coefficient (Wildman–Crippen LogP) is 2.67. The lowest BCUT2D eigenvalue weighted by molar-refractivity contribution is -0.132.